The van der Waals surface area contributed by atoms with Crippen molar-refractivity contribution in [1.29, 1.82) is 0 Å². The molecule has 1 N–H and O–H groups in total. The summed E-state index contributed by atoms with van der Waals surface area (Å²) in [5.74, 6) is 0. The number of nitrogens with one attached hydrogen (secondary N) is 1. The van der Waals surface area contributed by atoms with Gasteiger partial charge in [-0.2, -0.15) is 0 Å². The Kier molecular flexibility index (Phi) is 3.36. The van der Waals surface area contributed by atoms with Crippen LogP contribution in [0, 0.1) is 6.92 Å². The molecule has 1 aromatic carbocycles. The van der Waals surface area contributed by atoms with Gasteiger partial charge in [-0.15, -0.1) is 0 Å². The van der Waals surface area contributed by atoms with E-state index in [0.717, 1.165) is 25.4 Å². The van der Waals surface area contributed by atoms with Gasteiger partial charge in [0.2, 0.25) is 0 Å². The van der Waals surface area contributed by atoms with Crippen molar-refractivity contribution in [1.82, 2.24) is 9.88 Å². The molecule has 0 bridgehead atoms. The summed E-state index contributed by atoms with van der Waals surface area (Å²) in [6, 6.07) is 7.73. The van der Waals surface area contributed by atoms with Crippen LogP contribution in [0.5, 0.6) is 0 Å². The molecule has 0 atom stereocenters. The first-order chi connectivity index (χ1) is 9.20. The summed E-state index contributed by atoms with van der Waals surface area (Å²) < 4.78 is 2.33. The first-order valence-corrected chi connectivity index (χ1v) is 7.51. The zero-order valence-electron chi connectivity index (χ0n) is 12.3. The highest BCUT2D eigenvalue weighted by atomic mass is 15.0. The summed E-state index contributed by atoms with van der Waals surface area (Å²) in [4.78, 5) is 0. The fourth-order valence-corrected chi connectivity index (χ4v) is 2.92. The average Bonchev–Trinajstić information content (AvgIpc) is 3.22. The van der Waals surface area contributed by atoms with Gasteiger partial charge in [-0.05, 0) is 62.4 Å². The van der Waals surface area contributed by atoms with Crippen LogP contribution in [0.2, 0.25) is 0 Å². The quantitative estimate of drug-likeness (QED) is 0.868. The van der Waals surface area contributed by atoms with Crippen molar-refractivity contribution in [2.24, 2.45) is 7.05 Å². The normalized spacial score (nSPS) is 15.3. The van der Waals surface area contributed by atoms with Crippen LogP contribution < -0.4 is 5.32 Å². The average molecular weight is 256 g/mol. The number of hydrogen-bond donors (Lipinski definition) is 1. The SMILES string of the molecule is CCc1ccc2c(c1)c(CCNC1CC1)c(C)n2C. The maximum atomic E-state index is 3.63. The Labute approximate surface area is 115 Å². The number of aromatic nitrogens is 1. The minimum Gasteiger partial charge on any atom is -0.348 e. The Morgan fingerprint density at radius 2 is 2.11 bits per heavy atom. The van der Waals surface area contributed by atoms with Gasteiger partial charge in [0.15, 0.2) is 0 Å². The first-order valence-electron chi connectivity index (χ1n) is 7.51. The molecule has 0 spiro atoms. The summed E-state index contributed by atoms with van der Waals surface area (Å²) >= 11 is 0. The van der Waals surface area contributed by atoms with E-state index < -0.39 is 0 Å². The molecule has 102 valence electrons. The Bertz CT molecular complexity index is 591. The summed E-state index contributed by atoms with van der Waals surface area (Å²) in [7, 11) is 2.18. The largest absolute Gasteiger partial charge is 0.348 e. The Balaban J connectivity index is 1.92. The molecule has 1 fully saturated rings. The van der Waals surface area contributed by atoms with Gasteiger partial charge in [-0.1, -0.05) is 13.0 Å². The van der Waals surface area contributed by atoms with Crippen LogP contribution in [-0.2, 0) is 19.9 Å². The van der Waals surface area contributed by atoms with E-state index in [1.54, 1.807) is 0 Å². The summed E-state index contributed by atoms with van der Waals surface area (Å²) in [6.45, 7) is 5.59. The topological polar surface area (TPSA) is 17.0 Å². The maximum Gasteiger partial charge on any atom is 0.0482 e. The van der Waals surface area contributed by atoms with Crippen LogP contribution in [0.4, 0.5) is 0 Å². The van der Waals surface area contributed by atoms with Gasteiger partial charge in [0.25, 0.3) is 0 Å². The summed E-state index contributed by atoms with van der Waals surface area (Å²) in [5, 5.41) is 5.08. The molecule has 1 aromatic heterocycles. The molecule has 2 aromatic rings. The smallest absolute Gasteiger partial charge is 0.0482 e. The van der Waals surface area contributed by atoms with Gasteiger partial charge in [-0.25, -0.2) is 0 Å². The number of hydrogen-bond acceptors (Lipinski definition) is 1. The lowest BCUT2D eigenvalue weighted by molar-refractivity contribution is 0.680. The van der Waals surface area contributed by atoms with Crippen LogP contribution >= 0.6 is 0 Å². The molecule has 0 unspecified atom stereocenters. The summed E-state index contributed by atoms with van der Waals surface area (Å²) in [5.41, 5.74) is 5.76. The number of fused-ring (bicyclic) bond motifs is 1. The molecule has 19 heavy (non-hydrogen) atoms. The second-order valence-electron chi connectivity index (χ2n) is 5.81. The molecule has 2 heteroatoms. The van der Waals surface area contributed by atoms with Gasteiger partial charge in [0.05, 0.1) is 0 Å². The van der Waals surface area contributed by atoms with Crippen LogP contribution in [0.1, 0.15) is 36.6 Å². The molecule has 1 aliphatic carbocycles. The van der Waals surface area contributed by atoms with Crippen LogP contribution in [0.25, 0.3) is 10.9 Å². The van der Waals surface area contributed by atoms with E-state index in [-0.39, 0.29) is 0 Å². The third-order valence-corrected chi connectivity index (χ3v) is 4.48. The Morgan fingerprint density at radius 3 is 2.79 bits per heavy atom. The van der Waals surface area contributed by atoms with E-state index in [9.17, 15) is 0 Å². The number of benzene rings is 1. The lowest BCUT2D eigenvalue weighted by Gasteiger charge is -2.04. The predicted molar refractivity (Wildman–Crippen MR) is 81.8 cm³/mol. The van der Waals surface area contributed by atoms with E-state index in [1.807, 2.05) is 0 Å². The molecular weight excluding hydrogens is 232 g/mol. The third kappa shape index (κ3) is 2.42. The molecule has 1 aliphatic rings. The molecule has 1 heterocycles. The molecule has 0 radical (unpaired) electrons. The predicted octanol–water partition coefficient (Wildman–Crippen LogP) is 3.34. The number of aryl methyl sites for hydroxylation is 2. The van der Waals surface area contributed by atoms with Crippen LogP contribution in [0.3, 0.4) is 0 Å². The minimum atomic E-state index is 0.807. The Morgan fingerprint density at radius 1 is 1.32 bits per heavy atom. The zero-order valence-corrected chi connectivity index (χ0v) is 12.3. The fraction of sp³-hybridized carbons (Fsp3) is 0.529. The molecule has 0 aliphatic heterocycles. The van der Waals surface area contributed by atoms with E-state index in [0.29, 0.717) is 0 Å². The molecule has 0 saturated heterocycles. The third-order valence-electron chi connectivity index (χ3n) is 4.48. The van der Waals surface area contributed by atoms with Gasteiger partial charge in [0.1, 0.15) is 0 Å². The maximum absolute atomic E-state index is 3.63. The van der Waals surface area contributed by atoms with E-state index >= 15 is 0 Å². The van der Waals surface area contributed by atoms with Crippen molar-refractivity contribution in [3.8, 4) is 0 Å². The van der Waals surface area contributed by atoms with E-state index in [4.69, 9.17) is 0 Å². The van der Waals surface area contributed by atoms with Crippen molar-refractivity contribution in [3.63, 3.8) is 0 Å². The number of nitrogens with zero attached hydrogens (tertiary/aromatic N) is 1. The second kappa shape index (κ2) is 5.01. The van der Waals surface area contributed by atoms with E-state index in [2.05, 4.69) is 49.0 Å². The Hall–Kier alpha value is -1.28. The van der Waals surface area contributed by atoms with Crippen LogP contribution in [0.15, 0.2) is 18.2 Å². The lowest BCUT2D eigenvalue weighted by Crippen LogP contribution is -2.19. The van der Waals surface area contributed by atoms with Crippen molar-refractivity contribution in [2.45, 2.75) is 45.6 Å². The molecular formula is C17H24N2. The standard InChI is InChI=1S/C17H24N2/c1-4-13-5-8-17-16(11-13)15(12(2)19(17)3)9-10-18-14-6-7-14/h5,8,11,14,18H,4,6-7,9-10H2,1-3H3. The van der Waals surface area contributed by atoms with Gasteiger partial charge in [0, 0.05) is 29.7 Å². The highest BCUT2D eigenvalue weighted by molar-refractivity contribution is 5.86. The van der Waals surface area contributed by atoms with Gasteiger partial charge >= 0.3 is 0 Å². The highest BCUT2D eigenvalue weighted by Gasteiger charge is 2.20. The fourth-order valence-electron chi connectivity index (χ4n) is 2.92. The summed E-state index contributed by atoms with van der Waals surface area (Å²) in [6.07, 6.45) is 5.00. The zero-order chi connectivity index (χ0) is 13.4. The van der Waals surface area contributed by atoms with Gasteiger partial charge in [-0.3, -0.25) is 0 Å². The highest BCUT2D eigenvalue weighted by Crippen LogP contribution is 2.27. The van der Waals surface area contributed by atoms with Crippen molar-refractivity contribution >= 4 is 10.9 Å². The van der Waals surface area contributed by atoms with Crippen molar-refractivity contribution in [3.05, 3.63) is 35.0 Å². The van der Waals surface area contributed by atoms with Crippen molar-refractivity contribution in [2.75, 3.05) is 6.54 Å². The molecule has 0 amide bonds. The van der Waals surface area contributed by atoms with Crippen LogP contribution in [-0.4, -0.2) is 17.2 Å². The van der Waals surface area contributed by atoms with Crippen molar-refractivity contribution < 1.29 is 0 Å². The van der Waals surface area contributed by atoms with E-state index in [1.165, 1.54) is 40.6 Å². The molecule has 3 rings (SSSR count). The molecule has 1 saturated carbocycles. The first kappa shape index (κ1) is 12.7. The number of rotatable bonds is 5. The minimum absolute atomic E-state index is 0.807. The molecule has 2 nitrogen and oxygen atoms in total. The second-order valence-corrected chi connectivity index (χ2v) is 5.81. The lowest BCUT2D eigenvalue weighted by atomic mass is 10.0. The van der Waals surface area contributed by atoms with Gasteiger partial charge < -0.3 is 9.88 Å². The monoisotopic (exact) mass is 256 g/mol.